The molecule has 0 bridgehead atoms. The van der Waals surface area contributed by atoms with Crippen molar-refractivity contribution in [1.29, 1.82) is 0 Å². The van der Waals surface area contributed by atoms with E-state index in [0.29, 0.717) is 28.4 Å². The highest BCUT2D eigenvalue weighted by molar-refractivity contribution is 7.17. The minimum atomic E-state index is -1.02. The number of nitrogens with zero attached hydrogens (tertiary/aromatic N) is 1. The highest BCUT2D eigenvalue weighted by Crippen LogP contribution is 2.34. The minimum Gasteiger partial charge on any atom is -0.489 e. The Morgan fingerprint density at radius 3 is 2.68 bits per heavy atom. The molecule has 3 aromatic rings. The fourth-order valence-corrected chi connectivity index (χ4v) is 5.34. The predicted molar refractivity (Wildman–Crippen MR) is 134 cm³/mol. The third kappa shape index (κ3) is 5.28. The average Bonchev–Trinajstić information content (AvgIpc) is 3.29. The lowest BCUT2D eigenvalue weighted by Crippen LogP contribution is -2.48. The summed E-state index contributed by atoms with van der Waals surface area (Å²) in [5.41, 5.74) is 0.909. The molecule has 178 valence electrons. The topological polar surface area (TPSA) is 78.9 Å². The molecule has 2 aromatic carbocycles. The van der Waals surface area contributed by atoms with Crippen LogP contribution in [0.2, 0.25) is 5.02 Å². The van der Waals surface area contributed by atoms with Gasteiger partial charge in [-0.25, -0.2) is 0 Å². The van der Waals surface area contributed by atoms with E-state index < -0.39 is 23.8 Å². The number of hydrogen-bond acceptors (Lipinski definition) is 6. The van der Waals surface area contributed by atoms with E-state index in [0.717, 1.165) is 48.9 Å². The van der Waals surface area contributed by atoms with Crippen molar-refractivity contribution in [2.24, 2.45) is 0 Å². The molecule has 1 aliphatic carbocycles. The van der Waals surface area contributed by atoms with Crippen molar-refractivity contribution in [3.05, 3.63) is 64.0 Å². The predicted octanol–water partition coefficient (Wildman–Crippen LogP) is 4.59. The van der Waals surface area contributed by atoms with Gasteiger partial charge in [-0.15, -0.1) is 11.3 Å². The van der Waals surface area contributed by atoms with Crippen LogP contribution in [0.25, 0.3) is 10.1 Å². The molecule has 2 heterocycles. The summed E-state index contributed by atoms with van der Waals surface area (Å²) in [5.74, 6) is -0.741. The number of hydrogen-bond donors (Lipinski definition) is 2. The Hall–Kier alpha value is -2.45. The second-order valence-corrected chi connectivity index (χ2v) is 10.4. The van der Waals surface area contributed by atoms with Crippen LogP contribution in [0.1, 0.15) is 47.7 Å². The lowest BCUT2D eigenvalue weighted by atomic mass is 10.0. The number of Topliss-reactive ketones (excluding diaryl/α,β-unsaturated/α-hetero) is 1. The number of carbonyl (C=O) groups is 2. The summed E-state index contributed by atoms with van der Waals surface area (Å²) in [7, 11) is 0. The number of aliphatic hydroxyl groups is 1. The van der Waals surface area contributed by atoms with Crippen molar-refractivity contribution in [3.8, 4) is 5.75 Å². The number of halogens is 1. The van der Waals surface area contributed by atoms with E-state index in [1.165, 1.54) is 0 Å². The Labute approximate surface area is 207 Å². The first-order chi connectivity index (χ1) is 16.5. The van der Waals surface area contributed by atoms with Crippen molar-refractivity contribution in [2.45, 2.75) is 43.9 Å². The number of aliphatic hydroxyl groups excluding tert-OH is 1. The first-order valence-electron chi connectivity index (χ1n) is 11.7. The minimum absolute atomic E-state index is 0.217. The van der Waals surface area contributed by atoms with Gasteiger partial charge in [-0.2, -0.15) is 0 Å². The van der Waals surface area contributed by atoms with Gasteiger partial charge in [0, 0.05) is 16.8 Å². The molecule has 0 radical (unpaired) electrons. The van der Waals surface area contributed by atoms with Gasteiger partial charge in [-0.1, -0.05) is 17.7 Å². The summed E-state index contributed by atoms with van der Waals surface area (Å²) < 4.78 is 6.85. The standard InChI is InChI=1S/C26H27ClN2O4S/c27-20-14-18(3-7-22(20)33-19-5-6-19)24(30)21(15-29-10-1-2-11-29)28-26(32)25(31)17-4-8-23-16(13-17)9-12-34-23/h3-4,7-9,12-14,19,21,24,30H,1-2,5-6,10-11,15H2,(H,28,32). The van der Waals surface area contributed by atoms with E-state index in [9.17, 15) is 14.7 Å². The summed E-state index contributed by atoms with van der Waals surface area (Å²) >= 11 is 7.99. The molecule has 1 saturated heterocycles. The number of fused-ring (bicyclic) bond motifs is 1. The maximum Gasteiger partial charge on any atom is 0.292 e. The molecule has 1 saturated carbocycles. The van der Waals surface area contributed by atoms with E-state index in [4.69, 9.17) is 16.3 Å². The fraction of sp³-hybridized carbons (Fsp3) is 0.385. The van der Waals surface area contributed by atoms with Gasteiger partial charge in [-0.3, -0.25) is 9.59 Å². The molecule has 5 rings (SSSR count). The van der Waals surface area contributed by atoms with E-state index in [1.807, 2.05) is 17.5 Å². The molecule has 2 unspecified atom stereocenters. The van der Waals surface area contributed by atoms with Crippen LogP contribution in [0.5, 0.6) is 5.75 Å². The van der Waals surface area contributed by atoms with Crippen molar-refractivity contribution in [1.82, 2.24) is 10.2 Å². The number of likely N-dealkylation sites (tertiary alicyclic amines) is 1. The fourth-order valence-electron chi connectivity index (χ4n) is 4.34. The number of carbonyl (C=O) groups excluding carboxylic acids is 2. The summed E-state index contributed by atoms with van der Waals surface area (Å²) in [6.07, 6.45) is 3.40. The summed E-state index contributed by atoms with van der Waals surface area (Å²) in [5, 5.41) is 17.3. The number of rotatable bonds is 9. The number of thiophene rings is 1. The first-order valence-corrected chi connectivity index (χ1v) is 12.9. The number of ketones is 1. The Balaban J connectivity index is 1.33. The lowest BCUT2D eigenvalue weighted by Gasteiger charge is -2.28. The zero-order valence-corrected chi connectivity index (χ0v) is 20.3. The molecule has 2 N–H and O–H groups in total. The van der Waals surface area contributed by atoms with Crippen molar-refractivity contribution in [2.75, 3.05) is 19.6 Å². The Kier molecular flexibility index (Phi) is 6.88. The number of ether oxygens (including phenoxy) is 1. The maximum absolute atomic E-state index is 13.0. The van der Waals surface area contributed by atoms with Gasteiger partial charge in [-0.05, 0) is 91.5 Å². The molecule has 1 amide bonds. The average molecular weight is 499 g/mol. The summed E-state index contributed by atoms with van der Waals surface area (Å²) in [4.78, 5) is 28.1. The van der Waals surface area contributed by atoms with Crippen molar-refractivity contribution in [3.63, 3.8) is 0 Å². The van der Waals surface area contributed by atoms with Crippen LogP contribution in [-0.4, -0.2) is 53.5 Å². The Morgan fingerprint density at radius 1 is 1.15 bits per heavy atom. The van der Waals surface area contributed by atoms with E-state index in [2.05, 4.69) is 10.2 Å². The zero-order chi connectivity index (χ0) is 23.7. The van der Waals surface area contributed by atoms with Crippen LogP contribution in [0.4, 0.5) is 0 Å². The molecule has 1 aliphatic heterocycles. The highest BCUT2D eigenvalue weighted by Gasteiger charge is 2.30. The van der Waals surface area contributed by atoms with Gasteiger partial charge < -0.3 is 20.1 Å². The second-order valence-electron chi connectivity index (χ2n) is 9.04. The molecule has 8 heteroatoms. The van der Waals surface area contributed by atoms with Gasteiger partial charge in [0.2, 0.25) is 5.78 Å². The Bertz CT molecular complexity index is 1200. The van der Waals surface area contributed by atoms with Gasteiger partial charge >= 0.3 is 0 Å². The van der Waals surface area contributed by atoms with Crippen LogP contribution < -0.4 is 10.1 Å². The molecule has 1 aromatic heterocycles. The molecule has 2 fully saturated rings. The molecular formula is C26H27ClN2O4S. The number of amides is 1. The zero-order valence-electron chi connectivity index (χ0n) is 18.7. The van der Waals surface area contributed by atoms with Crippen LogP contribution in [0, 0.1) is 0 Å². The van der Waals surface area contributed by atoms with E-state index in [-0.39, 0.29) is 6.10 Å². The lowest BCUT2D eigenvalue weighted by molar-refractivity contribution is -0.118. The first kappa shape index (κ1) is 23.3. The largest absolute Gasteiger partial charge is 0.489 e. The van der Waals surface area contributed by atoms with Crippen molar-refractivity contribution < 1.29 is 19.4 Å². The normalized spacial score (nSPS) is 18.1. The third-order valence-electron chi connectivity index (χ3n) is 6.39. The monoisotopic (exact) mass is 498 g/mol. The summed E-state index contributed by atoms with van der Waals surface area (Å²) in [6, 6.07) is 11.7. The highest BCUT2D eigenvalue weighted by atomic mass is 35.5. The van der Waals surface area contributed by atoms with E-state index in [1.54, 1.807) is 41.7 Å². The smallest absolute Gasteiger partial charge is 0.292 e. The molecule has 34 heavy (non-hydrogen) atoms. The summed E-state index contributed by atoms with van der Waals surface area (Å²) in [6.45, 7) is 2.25. The van der Waals surface area contributed by atoms with Crippen LogP contribution in [-0.2, 0) is 4.79 Å². The quantitative estimate of drug-likeness (QED) is 0.333. The molecule has 0 spiro atoms. The van der Waals surface area contributed by atoms with Gasteiger partial charge in [0.1, 0.15) is 11.9 Å². The maximum atomic E-state index is 13.0. The number of benzene rings is 2. The van der Waals surface area contributed by atoms with Gasteiger partial charge in [0.05, 0.1) is 17.2 Å². The van der Waals surface area contributed by atoms with Gasteiger partial charge in [0.25, 0.3) is 5.91 Å². The van der Waals surface area contributed by atoms with Crippen LogP contribution >= 0.6 is 22.9 Å². The molecule has 6 nitrogen and oxygen atoms in total. The SMILES string of the molecule is O=C(NC(CN1CCCC1)C(O)c1ccc(OC2CC2)c(Cl)c1)C(=O)c1ccc2sccc2c1. The van der Waals surface area contributed by atoms with Crippen LogP contribution in [0.15, 0.2) is 47.8 Å². The molecular weight excluding hydrogens is 472 g/mol. The third-order valence-corrected chi connectivity index (χ3v) is 7.58. The number of nitrogens with one attached hydrogen (secondary N) is 1. The second kappa shape index (κ2) is 10.0. The van der Waals surface area contributed by atoms with E-state index >= 15 is 0 Å². The Morgan fingerprint density at radius 2 is 1.94 bits per heavy atom. The molecule has 2 aliphatic rings. The van der Waals surface area contributed by atoms with Crippen molar-refractivity contribution >= 4 is 44.7 Å². The van der Waals surface area contributed by atoms with Crippen LogP contribution in [0.3, 0.4) is 0 Å². The van der Waals surface area contributed by atoms with Gasteiger partial charge in [0.15, 0.2) is 0 Å². The molecule has 2 atom stereocenters.